The van der Waals surface area contributed by atoms with Gasteiger partial charge in [0.1, 0.15) is 18.4 Å². The molecule has 3 heterocycles. The summed E-state index contributed by atoms with van der Waals surface area (Å²) in [6.45, 7) is 8.07. The summed E-state index contributed by atoms with van der Waals surface area (Å²) < 4.78 is 5.63. The van der Waals surface area contributed by atoms with E-state index in [1.54, 1.807) is 6.07 Å². The first-order chi connectivity index (χ1) is 18.4. The molecule has 4 fully saturated rings. The molecule has 1 aromatic heterocycles. The van der Waals surface area contributed by atoms with Gasteiger partial charge in [-0.1, -0.05) is 32.1 Å². The Bertz CT molecular complexity index is 1020. The highest BCUT2D eigenvalue weighted by atomic mass is 35.5. The van der Waals surface area contributed by atoms with Gasteiger partial charge < -0.3 is 21.5 Å². The van der Waals surface area contributed by atoms with Crippen LogP contribution in [-0.2, 0) is 20.9 Å². The van der Waals surface area contributed by atoms with Gasteiger partial charge in [-0.25, -0.2) is 14.3 Å². The van der Waals surface area contributed by atoms with Crippen molar-refractivity contribution in [1.82, 2.24) is 15.2 Å². The zero-order valence-corrected chi connectivity index (χ0v) is 25.6. The van der Waals surface area contributed by atoms with Crippen LogP contribution in [-0.4, -0.2) is 83.7 Å². The zero-order chi connectivity index (χ0) is 26.8. The van der Waals surface area contributed by atoms with Crippen LogP contribution in [0.25, 0.3) is 0 Å². The molecule has 2 saturated heterocycles. The van der Waals surface area contributed by atoms with Crippen molar-refractivity contribution in [3.8, 4) is 0 Å². The summed E-state index contributed by atoms with van der Waals surface area (Å²) in [5.74, 6) is 1.02. The number of amides is 2. The first kappa shape index (κ1) is 33.0. The molecule has 2 aliphatic heterocycles. The molecule has 1 aromatic rings. The van der Waals surface area contributed by atoms with Crippen LogP contribution in [0.5, 0.6) is 0 Å². The number of nitrogens with zero attached hydrogens (tertiary/aromatic N) is 3. The van der Waals surface area contributed by atoms with E-state index in [0.717, 1.165) is 69.9 Å². The van der Waals surface area contributed by atoms with Gasteiger partial charge in [0, 0.05) is 49.8 Å². The van der Waals surface area contributed by atoms with Crippen molar-refractivity contribution in [1.29, 1.82) is 0 Å². The van der Waals surface area contributed by atoms with Gasteiger partial charge in [-0.2, -0.15) is 0 Å². The number of aromatic nitrogens is 1. The van der Waals surface area contributed by atoms with Crippen LogP contribution in [0, 0.1) is 18.8 Å². The van der Waals surface area contributed by atoms with Crippen molar-refractivity contribution in [2.75, 3.05) is 51.7 Å². The Hall–Kier alpha value is -1.49. The van der Waals surface area contributed by atoms with Gasteiger partial charge in [0.2, 0.25) is 0 Å². The first-order valence-corrected chi connectivity index (χ1v) is 14.8. The van der Waals surface area contributed by atoms with Gasteiger partial charge in [-0.15, -0.1) is 24.8 Å². The summed E-state index contributed by atoms with van der Waals surface area (Å²) in [6, 6.07) is 3.49. The van der Waals surface area contributed by atoms with Gasteiger partial charge in [0.15, 0.2) is 5.54 Å². The molecular weight excluding hydrogens is 551 g/mol. The number of pyridine rings is 1. The van der Waals surface area contributed by atoms with Crippen molar-refractivity contribution >= 4 is 42.4 Å². The number of hydrogen-bond acceptors (Lipinski definition) is 7. The summed E-state index contributed by atoms with van der Waals surface area (Å²) in [4.78, 5) is 35.0. The van der Waals surface area contributed by atoms with E-state index in [1.165, 1.54) is 32.1 Å². The van der Waals surface area contributed by atoms with Crippen molar-refractivity contribution in [3.05, 3.63) is 23.4 Å². The number of nitrogen functional groups attached to an aromatic ring is 1. The number of nitrogens with one attached hydrogen (secondary N) is 1. The predicted octanol–water partition coefficient (Wildman–Crippen LogP) is 2.96. The van der Waals surface area contributed by atoms with Crippen LogP contribution < -0.4 is 16.8 Å². The maximum absolute atomic E-state index is 14.9. The Morgan fingerprint density at radius 1 is 1.15 bits per heavy atom. The highest BCUT2D eigenvalue weighted by molar-refractivity contribution is 5.91. The largest absolute Gasteiger partial charge is 0.384 e. The molecule has 11 heteroatoms. The van der Waals surface area contributed by atoms with Crippen LogP contribution >= 0.6 is 24.8 Å². The Kier molecular flexibility index (Phi) is 11.7. The molecule has 40 heavy (non-hydrogen) atoms. The summed E-state index contributed by atoms with van der Waals surface area (Å²) in [5, 5.41) is 3.71. The number of quaternary nitrogens is 1. The number of anilines is 1. The average molecular weight is 601 g/mol. The number of piperidine rings is 1. The lowest BCUT2D eigenvalue weighted by molar-refractivity contribution is -0.900. The molecule has 0 radical (unpaired) electrons. The van der Waals surface area contributed by atoms with Gasteiger partial charge >= 0.3 is 5.91 Å². The lowest BCUT2D eigenvalue weighted by Crippen LogP contribution is -2.71. The van der Waals surface area contributed by atoms with E-state index in [2.05, 4.69) is 15.2 Å². The van der Waals surface area contributed by atoms with Crippen LogP contribution in [0.4, 0.5) is 5.82 Å². The molecule has 226 valence electrons. The molecule has 5 rings (SSSR count). The van der Waals surface area contributed by atoms with Gasteiger partial charge in [0.05, 0.1) is 19.8 Å². The number of ether oxygens (including phenoxy) is 1. The van der Waals surface area contributed by atoms with Crippen LogP contribution in [0.2, 0.25) is 0 Å². The fourth-order valence-corrected chi connectivity index (χ4v) is 7.72. The van der Waals surface area contributed by atoms with E-state index in [4.69, 9.17) is 16.2 Å². The molecular formula is C29H49Cl2N6O3+. The van der Waals surface area contributed by atoms with E-state index in [9.17, 15) is 9.59 Å². The molecule has 2 saturated carbocycles. The number of aryl methyl sites for hydroxylation is 1. The molecule has 0 spiro atoms. The topological polar surface area (TPSA) is 124 Å². The highest BCUT2D eigenvalue weighted by Crippen LogP contribution is 2.59. The Morgan fingerprint density at radius 2 is 1.88 bits per heavy atom. The fourth-order valence-electron chi connectivity index (χ4n) is 7.72. The van der Waals surface area contributed by atoms with E-state index in [0.29, 0.717) is 31.2 Å². The summed E-state index contributed by atoms with van der Waals surface area (Å²) >= 11 is 0. The molecule has 2 aliphatic carbocycles. The maximum Gasteiger partial charge on any atom is 0.331 e. The van der Waals surface area contributed by atoms with E-state index < -0.39 is 5.54 Å². The zero-order valence-electron chi connectivity index (χ0n) is 23.9. The predicted molar refractivity (Wildman–Crippen MR) is 161 cm³/mol. The molecule has 1 unspecified atom stereocenters. The van der Waals surface area contributed by atoms with Crippen molar-refractivity contribution in [3.63, 3.8) is 0 Å². The number of carbonyl (C=O) groups is 2. The average Bonchev–Trinajstić information content (AvgIpc) is 3.68. The van der Waals surface area contributed by atoms with Crippen LogP contribution in [0.3, 0.4) is 0 Å². The smallest absolute Gasteiger partial charge is 0.331 e. The third-order valence-corrected chi connectivity index (χ3v) is 9.95. The SMILES string of the molecule is Cc1nc(N)ccc1C[N+]1(C(=O)[C@@H](CC2CCCCC2)NCCN2CCOCC2)CCC[C@@H]2C[C@@]21C(N)=O.Cl.Cl. The standard InChI is InChI=1S/C29H46N6O3.2ClH/c1-21-23(9-10-26(30)33-21)20-35(15-5-8-24-19-29(24,35)28(31)37)27(36)25(18-22-6-3-2-4-7-22)32-11-12-34-13-16-38-17-14-34;;/h9-10,22,24-25,32H,2-8,11-20H2,1H3,(H3-,30,31,33,37);2*1H/p+1/t24-,25-,29+,35?;;/m1../s1. The summed E-state index contributed by atoms with van der Waals surface area (Å²) in [7, 11) is 0. The lowest BCUT2D eigenvalue weighted by Gasteiger charge is -2.47. The number of carbonyl (C=O) groups excluding carboxylic acids is 2. The van der Waals surface area contributed by atoms with E-state index >= 15 is 0 Å². The minimum Gasteiger partial charge on any atom is -0.384 e. The van der Waals surface area contributed by atoms with Gasteiger partial charge in [0.25, 0.3) is 5.91 Å². The molecule has 5 N–H and O–H groups in total. The third-order valence-electron chi connectivity index (χ3n) is 9.95. The molecule has 0 bridgehead atoms. The Labute approximate surface area is 251 Å². The van der Waals surface area contributed by atoms with Crippen LogP contribution in [0.1, 0.15) is 69.0 Å². The second-order valence-electron chi connectivity index (χ2n) is 12.2. The second-order valence-corrected chi connectivity index (χ2v) is 12.2. The van der Waals surface area contributed by atoms with Crippen molar-refractivity contribution < 1.29 is 18.8 Å². The fraction of sp³-hybridized carbons (Fsp3) is 0.759. The number of halogens is 2. The highest BCUT2D eigenvalue weighted by Gasteiger charge is 2.76. The third kappa shape index (κ3) is 6.60. The molecule has 0 aromatic carbocycles. The number of morpholine rings is 1. The molecule has 4 aliphatic rings. The maximum atomic E-state index is 14.9. The van der Waals surface area contributed by atoms with Gasteiger partial charge in [-0.3, -0.25) is 9.69 Å². The number of primary amides is 1. The summed E-state index contributed by atoms with van der Waals surface area (Å²) in [6.07, 6.45) is 9.56. The monoisotopic (exact) mass is 599 g/mol. The van der Waals surface area contributed by atoms with Crippen molar-refractivity contribution in [2.24, 2.45) is 17.6 Å². The first-order valence-electron chi connectivity index (χ1n) is 14.8. The number of hydrogen-bond donors (Lipinski definition) is 3. The molecule has 9 nitrogen and oxygen atoms in total. The van der Waals surface area contributed by atoms with E-state index in [-0.39, 0.29) is 53.1 Å². The summed E-state index contributed by atoms with van der Waals surface area (Å²) in [5.41, 5.74) is 13.1. The normalized spacial score (nSPS) is 29.4. The number of rotatable bonds is 10. The van der Waals surface area contributed by atoms with Crippen molar-refractivity contribution in [2.45, 2.75) is 82.8 Å². The molecule has 4 atom stereocenters. The minimum absolute atomic E-state index is 0. The second kappa shape index (κ2) is 14.1. The Morgan fingerprint density at radius 3 is 2.55 bits per heavy atom. The number of nitrogens with two attached hydrogens (primary N) is 2. The number of likely N-dealkylation sites (tertiary alicyclic amines) is 1. The van der Waals surface area contributed by atoms with Crippen LogP contribution in [0.15, 0.2) is 12.1 Å². The molecule has 2 amide bonds. The van der Waals surface area contributed by atoms with Gasteiger partial charge in [-0.05, 0) is 44.2 Å². The Balaban J connectivity index is 0.00000220. The minimum atomic E-state index is -0.806. The number of fused-ring (bicyclic) bond motifs is 1. The van der Waals surface area contributed by atoms with E-state index in [1.807, 2.05) is 13.0 Å². The lowest BCUT2D eigenvalue weighted by atomic mass is 9.83. The quantitative estimate of drug-likeness (QED) is 0.353.